The summed E-state index contributed by atoms with van der Waals surface area (Å²) in [5, 5.41) is 3.75. The maximum atomic E-state index is 14.6. The SMILES string of the molecule is CCc1ccccc1N(CC(=O)N(Cc1ccc(Cl)cc1Cl)[C@H](Cc1ccccc1)C(=O)NCC(C)C)S(=O)(=O)c1ccccc1. The van der Waals surface area contributed by atoms with E-state index in [1.54, 1.807) is 48.5 Å². The highest BCUT2D eigenvalue weighted by Gasteiger charge is 2.35. The van der Waals surface area contributed by atoms with Crippen molar-refractivity contribution in [1.29, 1.82) is 0 Å². The lowest BCUT2D eigenvalue weighted by Gasteiger charge is -2.34. The number of aryl methyl sites for hydroxylation is 1. The molecule has 1 N–H and O–H groups in total. The Kier molecular flexibility index (Phi) is 12.3. The first-order valence-corrected chi connectivity index (χ1v) is 17.4. The van der Waals surface area contributed by atoms with Gasteiger partial charge >= 0.3 is 0 Å². The van der Waals surface area contributed by atoms with Crippen LogP contribution in [0, 0.1) is 5.92 Å². The van der Waals surface area contributed by atoms with Crippen LogP contribution in [0.5, 0.6) is 0 Å². The van der Waals surface area contributed by atoms with Crippen LogP contribution in [0.2, 0.25) is 10.0 Å². The monoisotopic (exact) mass is 679 g/mol. The van der Waals surface area contributed by atoms with Crippen molar-refractivity contribution in [1.82, 2.24) is 10.2 Å². The summed E-state index contributed by atoms with van der Waals surface area (Å²) in [5.41, 5.74) is 2.58. The molecule has 242 valence electrons. The second kappa shape index (κ2) is 16.1. The summed E-state index contributed by atoms with van der Waals surface area (Å²) in [4.78, 5) is 30.0. The standard InChI is InChI=1S/C36H39Cl2N3O4S/c1-4-28-15-11-12-18-33(28)41(46(44,45)31-16-9-6-10-17-31)25-35(42)40(24-29-19-20-30(37)22-32(29)38)34(36(43)39-23-26(2)3)21-27-13-7-5-8-14-27/h5-20,22,26,34H,4,21,23-25H2,1-3H3,(H,39,43)/t34-/m1/s1. The number of halogens is 2. The highest BCUT2D eigenvalue weighted by Crippen LogP contribution is 2.29. The Morgan fingerprint density at radius 2 is 1.46 bits per heavy atom. The molecule has 0 unspecified atom stereocenters. The van der Waals surface area contributed by atoms with Crippen molar-refractivity contribution in [2.75, 3.05) is 17.4 Å². The summed E-state index contributed by atoms with van der Waals surface area (Å²) < 4.78 is 29.6. The highest BCUT2D eigenvalue weighted by molar-refractivity contribution is 7.92. The Morgan fingerprint density at radius 3 is 2.09 bits per heavy atom. The van der Waals surface area contributed by atoms with Crippen LogP contribution in [0.4, 0.5) is 5.69 Å². The maximum Gasteiger partial charge on any atom is 0.264 e. The number of hydrogen-bond acceptors (Lipinski definition) is 4. The van der Waals surface area contributed by atoms with Crippen molar-refractivity contribution in [2.45, 2.75) is 51.1 Å². The molecule has 0 spiro atoms. The van der Waals surface area contributed by atoms with E-state index in [9.17, 15) is 18.0 Å². The number of carbonyl (C=O) groups is 2. The van der Waals surface area contributed by atoms with Crippen LogP contribution in [0.15, 0.2) is 108 Å². The van der Waals surface area contributed by atoms with E-state index in [1.807, 2.05) is 63.2 Å². The van der Waals surface area contributed by atoms with Crippen LogP contribution in [0.25, 0.3) is 0 Å². The molecular weight excluding hydrogens is 641 g/mol. The first-order valence-electron chi connectivity index (χ1n) is 15.2. The van der Waals surface area contributed by atoms with Gasteiger partial charge in [0.05, 0.1) is 10.6 Å². The van der Waals surface area contributed by atoms with Gasteiger partial charge in [-0.05, 0) is 59.4 Å². The van der Waals surface area contributed by atoms with Crippen LogP contribution < -0.4 is 9.62 Å². The van der Waals surface area contributed by atoms with Gasteiger partial charge in [0.15, 0.2) is 0 Å². The molecule has 1 atom stereocenters. The van der Waals surface area contributed by atoms with Crippen LogP contribution >= 0.6 is 23.2 Å². The zero-order chi connectivity index (χ0) is 33.3. The predicted molar refractivity (Wildman–Crippen MR) is 186 cm³/mol. The van der Waals surface area contributed by atoms with E-state index in [4.69, 9.17) is 23.2 Å². The molecule has 0 heterocycles. The molecular formula is C36H39Cl2N3O4S. The predicted octanol–water partition coefficient (Wildman–Crippen LogP) is 7.16. The summed E-state index contributed by atoms with van der Waals surface area (Å²) >= 11 is 12.8. The molecule has 10 heteroatoms. The molecule has 0 saturated carbocycles. The zero-order valence-electron chi connectivity index (χ0n) is 26.2. The van der Waals surface area contributed by atoms with Crippen molar-refractivity contribution < 1.29 is 18.0 Å². The fraction of sp³-hybridized carbons (Fsp3) is 0.278. The number of carbonyl (C=O) groups excluding carboxylic acids is 2. The molecule has 0 aromatic heterocycles. The smallest absolute Gasteiger partial charge is 0.264 e. The number of anilines is 1. The molecule has 0 fully saturated rings. The molecule has 0 aliphatic heterocycles. The normalized spacial score (nSPS) is 12.0. The third-order valence-corrected chi connectivity index (χ3v) is 9.92. The van der Waals surface area contributed by atoms with Crippen molar-refractivity contribution in [3.05, 3.63) is 130 Å². The first kappa shape index (κ1) is 35.0. The number of amides is 2. The van der Waals surface area contributed by atoms with Crippen molar-refractivity contribution in [3.63, 3.8) is 0 Å². The molecule has 0 aliphatic carbocycles. The molecule has 4 aromatic carbocycles. The number of para-hydroxylation sites is 1. The minimum atomic E-state index is -4.19. The van der Waals surface area contributed by atoms with Crippen LogP contribution in [-0.4, -0.2) is 44.3 Å². The molecule has 0 saturated heterocycles. The molecule has 0 radical (unpaired) electrons. The molecule has 7 nitrogen and oxygen atoms in total. The van der Waals surface area contributed by atoms with Gasteiger partial charge in [0.1, 0.15) is 12.6 Å². The van der Waals surface area contributed by atoms with E-state index >= 15 is 0 Å². The molecule has 4 rings (SSSR count). The summed E-state index contributed by atoms with van der Waals surface area (Å²) in [6, 6.07) is 28.5. The van der Waals surface area contributed by atoms with E-state index in [2.05, 4.69) is 5.32 Å². The van der Waals surface area contributed by atoms with Gasteiger partial charge in [-0.1, -0.05) is 117 Å². The van der Waals surface area contributed by atoms with Gasteiger partial charge in [0, 0.05) is 29.6 Å². The van der Waals surface area contributed by atoms with E-state index in [1.165, 1.54) is 17.0 Å². The third kappa shape index (κ3) is 8.90. The van der Waals surface area contributed by atoms with E-state index in [-0.39, 0.29) is 29.7 Å². The number of nitrogens with one attached hydrogen (secondary N) is 1. The van der Waals surface area contributed by atoms with Gasteiger partial charge < -0.3 is 10.2 Å². The molecule has 0 aliphatic rings. The maximum absolute atomic E-state index is 14.6. The molecule has 46 heavy (non-hydrogen) atoms. The Labute approximate surface area is 282 Å². The highest BCUT2D eigenvalue weighted by atomic mass is 35.5. The molecule has 0 bridgehead atoms. The fourth-order valence-corrected chi connectivity index (χ4v) is 7.04. The Bertz CT molecular complexity index is 1730. The van der Waals surface area contributed by atoms with E-state index in [0.29, 0.717) is 34.3 Å². The zero-order valence-corrected chi connectivity index (χ0v) is 28.5. The largest absolute Gasteiger partial charge is 0.354 e. The lowest BCUT2D eigenvalue weighted by molar-refractivity contribution is -0.140. The van der Waals surface area contributed by atoms with Gasteiger partial charge in [-0.25, -0.2) is 8.42 Å². The summed E-state index contributed by atoms with van der Waals surface area (Å²) in [7, 11) is -4.19. The number of benzene rings is 4. The minimum absolute atomic E-state index is 0.0456. The lowest BCUT2D eigenvalue weighted by Crippen LogP contribution is -2.53. The Balaban J connectivity index is 1.84. The average molecular weight is 681 g/mol. The van der Waals surface area contributed by atoms with Crippen LogP contribution in [-0.2, 0) is 39.0 Å². The summed E-state index contributed by atoms with van der Waals surface area (Å²) in [6.07, 6.45) is 0.752. The minimum Gasteiger partial charge on any atom is -0.354 e. The summed E-state index contributed by atoms with van der Waals surface area (Å²) in [6.45, 7) is 5.73. The Hall–Kier alpha value is -3.85. The van der Waals surface area contributed by atoms with Crippen molar-refractivity contribution >= 4 is 50.7 Å². The number of sulfonamides is 1. The third-order valence-electron chi connectivity index (χ3n) is 7.56. The number of nitrogens with zero attached hydrogens (tertiary/aromatic N) is 2. The van der Waals surface area contributed by atoms with Crippen molar-refractivity contribution in [3.8, 4) is 0 Å². The fourth-order valence-electron chi connectivity index (χ4n) is 5.10. The van der Waals surface area contributed by atoms with E-state index < -0.39 is 28.5 Å². The second-order valence-corrected chi connectivity index (χ2v) is 14.1. The second-order valence-electron chi connectivity index (χ2n) is 11.4. The van der Waals surface area contributed by atoms with Gasteiger partial charge in [0.2, 0.25) is 11.8 Å². The first-order chi connectivity index (χ1) is 22.0. The average Bonchev–Trinajstić information content (AvgIpc) is 3.05. The molecule has 2 amide bonds. The lowest BCUT2D eigenvalue weighted by atomic mass is 10.0. The quantitative estimate of drug-likeness (QED) is 0.153. The Morgan fingerprint density at radius 1 is 0.826 bits per heavy atom. The number of hydrogen-bond donors (Lipinski definition) is 1. The van der Waals surface area contributed by atoms with Gasteiger partial charge in [-0.15, -0.1) is 0 Å². The van der Waals surface area contributed by atoms with Gasteiger partial charge in [-0.2, -0.15) is 0 Å². The summed E-state index contributed by atoms with van der Waals surface area (Å²) in [5.74, 6) is -0.729. The van der Waals surface area contributed by atoms with Gasteiger partial charge in [0.25, 0.3) is 10.0 Å². The van der Waals surface area contributed by atoms with Crippen LogP contribution in [0.1, 0.15) is 37.5 Å². The molecule has 4 aromatic rings. The van der Waals surface area contributed by atoms with Gasteiger partial charge in [-0.3, -0.25) is 13.9 Å². The van der Waals surface area contributed by atoms with Crippen LogP contribution in [0.3, 0.4) is 0 Å². The topological polar surface area (TPSA) is 86.8 Å². The van der Waals surface area contributed by atoms with Crippen molar-refractivity contribution in [2.24, 2.45) is 5.92 Å². The van der Waals surface area contributed by atoms with E-state index in [0.717, 1.165) is 15.4 Å². The number of rotatable bonds is 14.